The van der Waals surface area contributed by atoms with Crippen LogP contribution in [0.2, 0.25) is 5.02 Å². The van der Waals surface area contributed by atoms with E-state index in [4.69, 9.17) is 16.3 Å². The molecule has 0 radical (unpaired) electrons. The van der Waals surface area contributed by atoms with Gasteiger partial charge in [-0.05, 0) is 31.0 Å². The van der Waals surface area contributed by atoms with E-state index in [9.17, 15) is 5.26 Å². The van der Waals surface area contributed by atoms with Crippen molar-refractivity contribution in [1.29, 1.82) is 5.26 Å². The fourth-order valence-corrected chi connectivity index (χ4v) is 3.58. The smallest absolute Gasteiger partial charge is 0.192 e. The van der Waals surface area contributed by atoms with Crippen LogP contribution in [0.15, 0.2) is 53.7 Å². The van der Waals surface area contributed by atoms with Gasteiger partial charge in [0.1, 0.15) is 17.6 Å². The first-order valence-electron chi connectivity index (χ1n) is 8.44. The van der Waals surface area contributed by atoms with Crippen LogP contribution in [0.1, 0.15) is 17.0 Å². The molecule has 0 spiro atoms. The molecule has 3 rings (SSSR count). The zero-order valence-corrected chi connectivity index (χ0v) is 16.7. The van der Waals surface area contributed by atoms with E-state index in [2.05, 4.69) is 40.5 Å². The van der Waals surface area contributed by atoms with Crippen LogP contribution in [0.25, 0.3) is 0 Å². The number of para-hydroxylation sites is 1. The number of halogens is 1. The minimum atomic E-state index is -0.243. The lowest BCUT2D eigenvalue weighted by molar-refractivity contribution is 0.290. The van der Waals surface area contributed by atoms with Crippen LogP contribution in [0, 0.1) is 18.3 Å². The van der Waals surface area contributed by atoms with Gasteiger partial charge in [0, 0.05) is 7.05 Å². The summed E-state index contributed by atoms with van der Waals surface area (Å²) in [6.07, 6.45) is 0.653. The van der Waals surface area contributed by atoms with Crippen LogP contribution in [0.3, 0.4) is 0 Å². The Bertz CT molecular complexity index is 949. The molecule has 138 valence electrons. The Morgan fingerprint density at radius 3 is 2.63 bits per heavy atom. The molecule has 1 heterocycles. The van der Waals surface area contributed by atoms with Crippen LogP contribution in [0.4, 0.5) is 0 Å². The molecule has 0 saturated carbocycles. The third kappa shape index (κ3) is 5.03. The van der Waals surface area contributed by atoms with Crippen molar-refractivity contribution in [2.24, 2.45) is 7.05 Å². The van der Waals surface area contributed by atoms with Crippen LogP contribution in [-0.4, -0.2) is 20.0 Å². The molecule has 0 bridgehead atoms. The van der Waals surface area contributed by atoms with E-state index in [1.165, 1.54) is 17.3 Å². The Balaban J connectivity index is 1.64. The number of hydrogen-bond donors (Lipinski definition) is 0. The topological polar surface area (TPSA) is 63.7 Å². The van der Waals surface area contributed by atoms with E-state index in [1.807, 2.05) is 36.7 Å². The Morgan fingerprint density at radius 1 is 1.19 bits per heavy atom. The van der Waals surface area contributed by atoms with Crippen LogP contribution < -0.4 is 4.74 Å². The largest absolute Gasteiger partial charge is 0.484 e. The summed E-state index contributed by atoms with van der Waals surface area (Å²) < 4.78 is 7.57. The number of benzene rings is 2. The van der Waals surface area contributed by atoms with E-state index < -0.39 is 0 Å². The van der Waals surface area contributed by atoms with E-state index in [0.29, 0.717) is 28.2 Å². The highest BCUT2D eigenvalue weighted by molar-refractivity contribution is 8.00. The highest BCUT2D eigenvalue weighted by Gasteiger charge is 2.17. The molecule has 0 amide bonds. The van der Waals surface area contributed by atoms with Gasteiger partial charge in [-0.3, -0.25) is 0 Å². The lowest BCUT2D eigenvalue weighted by Crippen LogP contribution is -2.08. The molecule has 1 unspecified atom stereocenters. The molecular weight excluding hydrogens is 380 g/mol. The summed E-state index contributed by atoms with van der Waals surface area (Å²) >= 11 is 7.51. The standard InChI is InChI=1S/C20H19ClN4OS/c1-14-7-9-15(10-8-14)11-16(12-22)27-20-24-23-19(25(20)2)13-26-18-6-4-3-5-17(18)21/h3-10,16H,11,13H2,1-2H3. The van der Waals surface area contributed by atoms with Gasteiger partial charge in [0.2, 0.25) is 0 Å². The molecule has 0 aliphatic carbocycles. The third-order valence-corrected chi connectivity index (χ3v) is 5.49. The number of ether oxygens (including phenoxy) is 1. The zero-order chi connectivity index (χ0) is 19.2. The summed E-state index contributed by atoms with van der Waals surface area (Å²) in [6, 6.07) is 17.9. The van der Waals surface area contributed by atoms with Crippen molar-refractivity contribution in [2.45, 2.75) is 30.4 Å². The molecule has 27 heavy (non-hydrogen) atoms. The van der Waals surface area contributed by atoms with E-state index >= 15 is 0 Å². The second kappa shape index (κ2) is 8.94. The molecule has 7 heteroatoms. The molecule has 1 atom stereocenters. The number of hydrogen-bond acceptors (Lipinski definition) is 5. The third-order valence-electron chi connectivity index (χ3n) is 4.05. The first kappa shape index (κ1) is 19.3. The van der Waals surface area contributed by atoms with Gasteiger partial charge in [-0.15, -0.1) is 10.2 Å². The lowest BCUT2D eigenvalue weighted by Gasteiger charge is -2.10. The average molecular weight is 399 g/mol. The fourth-order valence-electron chi connectivity index (χ4n) is 2.46. The molecule has 1 aromatic heterocycles. The first-order valence-corrected chi connectivity index (χ1v) is 9.70. The minimum Gasteiger partial charge on any atom is -0.484 e. The maximum Gasteiger partial charge on any atom is 0.192 e. The predicted molar refractivity (Wildman–Crippen MR) is 107 cm³/mol. The van der Waals surface area contributed by atoms with E-state index in [-0.39, 0.29) is 11.9 Å². The molecule has 2 aromatic carbocycles. The number of aromatic nitrogens is 3. The predicted octanol–water partition coefficient (Wildman–Crippen LogP) is 4.58. The molecule has 3 aromatic rings. The van der Waals surface area contributed by atoms with Crippen molar-refractivity contribution in [2.75, 3.05) is 0 Å². The highest BCUT2D eigenvalue weighted by Crippen LogP contribution is 2.26. The Morgan fingerprint density at radius 2 is 1.93 bits per heavy atom. The van der Waals surface area contributed by atoms with Crippen molar-refractivity contribution < 1.29 is 4.74 Å². The van der Waals surface area contributed by atoms with Crippen molar-refractivity contribution in [3.63, 3.8) is 0 Å². The van der Waals surface area contributed by atoms with Crippen molar-refractivity contribution in [3.05, 3.63) is 70.5 Å². The van der Waals surface area contributed by atoms with Gasteiger partial charge in [-0.1, -0.05) is 65.3 Å². The quantitative estimate of drug-likeness (QED) is 0.545. The van der Waals surface area contributed by atoms with Crippen LogP contribution in [0.5, 0.6) is 5.75 Å². The Kier molecular flexibility index (Phi) is 6.38. The second-order valence-electron chi connectivity index (χ2n) is 6.10. The number of aryl methyl sites for hydroxylation is 1. The summed E-state index contributed by atoms with van der Waals surface area (Å²) in [5.41, 5.74) is 2.33. The molecule has 0 aliphatic heterocycles. The van der Waals surface area contributed by atoms with Crippen LogP contribution >= 0.6 is 23.4 Å². The highest BCUT2D eigenvalue weighted by atomic mass is 35.5. The van der Waals surface area contributed by atoms with Gasteiger partial charge in [-0.25, -0.2) is 0 Å². The summed E-state index contributed by atoms with van der Waals surface area (Å²) in [6.45, 7) is 2.30. The Hall–Kier alpha value is -2.49. The van der Waals surface area contributed by atoms with Gasteiger partial charge < -0.3 is 9.30 Å². The van der Waals surface area contributed by atoms with E-state index in [0.717, 1.165) is 5.56 Å². The Labute approximate surface area is 167 Å². The number of nitriles is 1. The van der Waals surface area contributed by atoms with Crippen molar-refractivity contribution in [3.8, 4) is 11.8 Å². The van der Waals surface area contributed by atoms with Crippen molar-refractivity contribution >= 4 is 23.4 Å². The first-order chi connectivity index (χ1) is 13.1. The van der Waals surface area contributed by atoms with Gasteiger partial charge in [0.25, 0.3) is 0 Å². The maximum absolute atomic E-state index is 9.52. The molecule has 0 aliphatic rings. The molecule has 5 nitrogen and oxygen atoms in total. The minimum absolute atomic E-state index is 0.243. The van der Waals surface area contributed by atoms with Crippen molar-refractivity contribution in [1.82, 2.24) is 14.8 Å². The molecule has 0 fully saturated rings. The van der Waals surface area contributed by atoms with Crippen LogP contribution in [-0.2, 0) is 20.1 Å². The molecular formula is C20H19ClN4OS. The lowest BCUT2D eigenvalue weighted by atomic mass is 10.1. The van der Waals surface area contributed by atoms with Gasteiger partial charge in [0.05, 0.1) is 11.1 Å². The van der Waals surface area contributed by atoms with Gasteiger partial charge >= 0.3 is 0 Å². The SMILES string of the molecule is Cc1ccc(CC(C#N)Sc2nnc(COc3ccccc3Cl)n2C)cc1. The number of rotatable bonds is 7. The van der Waals surface area contributed by atoms with Gasteiger partial charge in [-0.2, -0.15) is 5.26 Å². The number of nitrogens with zero attached hydrogens (tertiary/aromatic N) is 4. The number of thioether (sulfide) groups is 1. The summed E-state index contributed by atoms with van der Waals surface area (Å²) in [7, 11) is 1.87. The zero-order valence-electron chi connectivity index (χ0n) is 15.1. The normalized spacial score (nSPS) is 11.8. The average Bonchev–Trinajstić information content (AvgIpc) is 3.02. The molecule has 0 saturated heterocycles. The molecule has 0 N–H and O–H groups in total. The summed E-state index contributed by atoms with van der Waals surface area (Å²) in [4.78, 5) is 0. The van der Waals surface area contributed by atoms with E-state index in [1.54, 1.807) is 6.07 Å². The second-order valence-corrected chi connectivity index (χ2v) is 7.68. The maximum atomic E-state index is 9.52. The fraction of sp³-hybridized carbons (Fsp3) is 0.250. The monoisotopic (exact) mass is 398 g/mol. The summed E-state index contributed by atoms with van der Waals surface area (Å²) in [5, 5.41) is 18.9. The summed E-state index contributed by atoms with van der Waals surface area (Å²) in [5.74, 6) is 1.27. The van der Waals surface area contributed by atoms with Gasteiger partial charge in [0.15, 0.2) is 11.0 Å².